The van der Waals surface area contributed by atoms with Crippen molar-refractivity contribution in [3.8, 4) is 0 Å². The van der Waals surface area contributed by atoms with Crippen LogP contribution in [-0.2, 0) is 11.2 Å². The van der Waals surface area contributed by atoms with Gasteiger partial charge in [-0.05, 0) is 31.4 Å². The molecule has 1 amide bonds. The molecule has 0 aromatic carbocycles. The summed E-state index contributed by atoms with van der Waals surface area (Å²) in [5.41, 5.74) is 0. The Labute approximate surface area is 114 Å². The van der Waals surface area contributed by atoms with E-state index in [1.165, 1.54) is 6.42 Å². The summed E-state index contributed by atoms with van der Waals surface area (Å²) >= 11 is 0. The molecule has 1 aromatic heterocycles. The first-order valence-electron chi connectivity index (χ1n) is 6.98. The van der Waals surface area contributed by atoms with Gasteiger partial charge in [-0.15, -0.1) is 0 Å². The van der Waals surface area contributed by atoms with Gasteiger partial charge >= 0.3 is 0 Å². The molecule has 0 saturated heterocycles. The van der Waals surface area contributed by atoms with E-state index >= 15 is 0 Å². The molecule has 1 N–H and O–H groups in total. The van der Waals surface area contributed by atoms with Gasteiger partial charge in [0.25, 0.3) is 0 Å². The predicted octanol–water partition coefficient (Wildman–Crippen LogP) is 2.17. The van der Waals surface area contributed by atoms with Gasteiger partial charge in [0.05, 0.1) is 12.6 Å². The quantitative estimate of drug-likeness (QED) is 0.857. The molecule has 0 spiro atoms. The molecule has 0 aliphatic heterocycles. The third-order valence-electron chi connectivity index (χ3n) is 4.06. The van der Waals surface area contributed by atoms with E-state index in [0.29, 0.717) is 18.8 Å². The van der Waals surface area contributed by atoms with Crippen molar-refractivity contribution in [2.75, 3.05) is 13.7 Å². The van der Waals surface area contributed by atoms with E-state index in [1.807, 2.05) is 19.1 Å². The molecule has 4 nitrogen and oxygen atoms in total. The molecule has 1 aromatic rings. The molecule has 1 aliphatic rings. The maximum Gasteiger partial charge on any atom is 0.223 e. The minimum Gasteiger partial charge on any atom is -0.466 e. The molecule has 3 unspecified atom stereocenters. The third-order valence-corrected chi connectivity index (χ3v) is 4.06. The second kappa shape index (κ2) is 5.78. The second-order valence-electron chi connectivity index (χ2n) is 5.66. The van der Waals surface area contributed by atoms with Crippen molar-refractivity contribution in [1.82, 2.24) is 4.90 Å². The fourth-order valence-corrected chi connectivity index (χ4v) is 2.22. The van der Waals surface area contributed by atoms with Gasteiger partial charge in [-0.1, -0.05) is 6.92 Å². The van der Waals surface area contributed by atoms with Crippen LogP contribution in [0.1, 0.15) is 44.1 Å². The Morgan fingerprint density at radius 2 is 2.26 bits per heavy atom. The van der Waals surface area contributed by atoms with E-state index in [1.54, 1.807) is 11.9 Å². The number of rotatable bonds is 6. The van der Waals surface area contributed by atoms with E-state index in [0.717, 1.165) is 17.4 Å². The molecule has 0 bridgehead atoms. The van der Waals surface area contributed by atoms with Crippen molar-refractivity contribution in [2.24, 2.45) is 5.92 Å². The Morgan fingerprint density at radius 1 is 1.58 bits per heavy atom. The van der Waals surface area contributed by atoms with Crippen LogP contribution >= 0.6 is 0 Å². The number of hydrogen-bond acceptors (Lipinski definition) is 3. The van der Waals surface area contributed by atoms with Gasteiger partial charge < -0.3 is 14.4 Å². The number of aliphatic hydroxyl groups excluding tert-OH is 1. The lowest BCUT2D eigenvalue weighted by atomic mass is 10.2. The van der Waals surface area contributed by atoms with Crippen molar-refractivity contribution in [1.29, 1.82) is 0 Å². The Morgan fingerprint density at radius 3 is 2.84 bits per heavy atom. The van der Waals surface area contributed by atoms with Gasteiger partial charge in [0.15, 0.2) is 0 Å². The highest BCUT2D eigenvalue weighted by Crippen LogP contribution is 2.47. The summed E-state index contributed by atoms with van der Waals surface area (Å²) in [6.45, 7) is 4.05. The summed E-state index contributed by atoms with van der Waals surface area (Å²) in [7, 11) is 1.72. The SMILES string of the molecule is CC1CC1c1ccc(CCC(=O)N(C)C(C)CO)o1. The zero-order valence-electron chi connectivity index (χ0n) is 11.9. The minimum atomic E-state index is -0.132. The molecule has 3 atom stereocenters. The van der Waals surface area contributed by atoms with Crippen molar-refractivity contribution < 1.29 is 14.3 Å². The first-order valence-corrected chi connectivity index (χ1v) is 6.98. The molecule has 106 valence electrons. The Hall–Kier alpha value is -1.29. The van der Waals surface area contributed by atoms with Crippen LogP contribution in [0, 0.1) is 5.92 Å². The molecule has 0 radical (unpaired) electrons. The number of hydrogen-bond donors (Lipinski definition) is 1. The summed E-state index contributed by atoms with van der Waals surface area (Å²) in [5, 5.41) is 9.02. The van der Waals surface area contributed by atoms with Crippen LogP contribution < -0.4 is 0 Å². The van der Waals surface area contributed by atoms with Gasteiger partial charge in [-0.3, -0.25) is 4.79 Å². The summed E-state index contributed by atoms with van der Waals surface area (Å²) in [6.07, 6.45) is 2.26. The van der Waals surface area contributed by atoms with Crippen LogP contribution in [0.5, 0.6) is 0 Å². The summed E-state index contributed by atoms with van der Waals surface area (Å²) in [4.78, 5) is 13.5. The molecule has 1 aliphatic carbocycles. The van der Waals surface area contributed by atoms with Crippen LogP contribution in [-0.4, -0.2) is 35.6 Å². The normalized spacial score (nSPS) is 23.2. The highest BCUT2D eigenvalue weighted by Gasteiger charge is 2.36. The van der Waals surface area contributed by atoms with Gasteiger partial charge in [0, 0.05) is 25.8 Å². The first kappa shape index (κ1) is 14.1. The van der Waals surface area contributed by atoms with E-state index in [4.69, 9.17) is 9.52 Å². The molecular formula is C15H23NO3. The van der Waals surface area contributed by atoms with Crippen LogP contribution in [0.25, 0.3) is 0 Å². The van der Waals surface area contributed by atoms with Gasteiger partial charge in [0.1, 0.15) is 11.5 Å². The van der Waals surface area contributed by atoms with Crippen molar-refractivity contribution in [2.45, 2.75) is 45.1 Å². The molecule has 2 rings (SSSR count). The largest absolute Gasteiger partial charge is 0.466 e. The fourth-order valence-electron chi connectivity index (χ4n) is 2.22. The second-order valence-corrected chi connectivity index (χ2v) is 5.66. The van der Waals surface area contributed by atoms with Crippen molar-refractivity contribution >= 4 is 5.91 Å². The van der Waals surface area contributed by atoms with Gasteiger partial charge in [-0.25, -0.2) is 0 Å². The van der Waals surface area contributed by atoms with Gasteiger partial charge in [-0.2, -0.15) is 0 Å². The number of carbonyl (C=O) groups is 1. The van der Waals surface area contributed by atoms with E-state index in [2.05, 4.69) is 6.92 Å². The molecule has 19 heavy (non-hydrogen) atoms. The fraction of sp³-hybridized carbons (Fsp3) is 0.667. The zero-order chi connectivity index (χ0) is 14.0. The Bertz CT molecular complexity index is 440. The van der Waals surface area contributed by atoms with E-state index in [-0.39, 0.29) is 18.6 Å². The Balaban J connectivity index is 1.82. The smallest absolute Gasteiger partial charge is 0.223 e. The standard InChI is InChI=1S/C15H23NO3/c1-10-8-13(10)14-6-4-12(19-14)5-7-15(18)16(3)11(2)9-17/h4,6,10-11,13,17H,5,7-9H2,1-3H3. The summed E-state index contributed by atoms with van der Waals surface area (Å²) < 4.78 is 5.77. The highest BCUT2D eigenvalue weighted by molar-refractivity contribution is 5.76. The van der Waals surface area contributed by atoms with Gasteiger partial charge in [0.2, 0.25) is 5.91 Å². The first-order chi connectivity index (χ1) is 9.02. The molecule has 4 heteroatoms. The van der Waals surface area contributed by atoms with E-state index < -0.39 is 0 Å². The number of furan rings is 1. The average Bonchev–Trinajstić information content (AvgIpc) is 2.96. The van der Waals surface area contributed by atoms with Crippen molar-refractivity contribution in [3.63, 3.8) is 0 Å². The van der Waals surface area contributed by atoms with E-state index in [9.17, 15) is 4.79 Å². The number of nitrogens with zero attached hydrogens (tertiary/aromatic N) is 1. The van der Waals surface area contributed by atoms with Crippen molar-refractivity contribution in [3.05, 3.63) is 23.7 Å². The minimum absolute atomic E-state index is 0.00723. The summed E-state index contributed by atoms with van der Waals surface area (Å²) in [5.74, 6) is 3.30. The van der Waals surface area contributed by atoms with Crippen LogP contribution in [0.15, 0.2) is 16.5 Å². The zero-order valence-corrected chi connectivity index (χ0v) is 11.9. The third kappa shape index (κ3) is 3.38. The highest BCUT2D eigenvalue weighted by atomic mass is 16.3. The lowest BCUT2D eigenvalue weighted by molar-refractivity contribution is -0.132. The van der Waals surface area contributed by atoms with Crippen LogP contribution in [0.3, 0.4) is 0 Å². The number of likely N-dealkylation sites (N-methyl/N-ethyl adjacent to an activating group) is 1. The number of amides is 1. The lowest BCUT2D eigenvalue weighted by Gasteiger charge is -2.22. The average molecular weight is 265 g/mol. The van der Waals surface area contributed by atoms with Crippen LogP contribution in [0.4, 0.5) is 0 Å². The monoisotopic (exact) mass is 265 g/mol. The molecule has 1 saturated carbocycles. The van der Waals surface area contributed by atoms with Crippen LogP contribution in [0.2, 0.25) is 0 Å². The maximum absolute atomic E-state index is 11.9. The Kier molecular flexibility index (Phi) is 4.30. The molecular weight excluding hydrogens is 242 g/mol. The topological polar surface area (TPSA) is 53.7 Å². The predicted molar refractivity (Wildman–Crippen MR) is 72.9 cm³/mol. The molecule has 1 heterocycles. The number of carbonyl (C=O) groups excluding carboxylic acids is 1. The lowest BCUT2D eigenvalue weighted by Crippen LogP contribution is -2.37. The summed E-state index contributed by atoms with van der Waals surface area (Å²) in [6, 6.07) is 3.88. The maximum atomic E-state index is 11.9. The molecule has 1 fully saturated rings. The number of aryl methyl sites for hydroxylation is 1. The number of aliphatic hydroxyl groups is 1.